The van der Waals surface area contributed by atoms with E-state index in [1.807, 2.05) is 30.3 Å². The number of amides is 2. The first kappa shape index (κ1) is 18.7. The number of nitrogens with one attached hydrogen (secondary N) is 2. The fourth-order valence-corrected chi connectivity index (χ4v) is 3.10. The Bertz CT molecular complexity index is 928. The van der Waals surface area contributed by atoms with Crippen LogP contribution in [0.4, 0.5) is 11.4 Å². The van der Waals surface area contributed by atoms with Crippen molar-refractivity contribution in [3.63, 3.8) is 0 Å². The van der Waals surface area contributed by atoms with Crippen molar-refractivity contribution in [2.45, 2.75) is 23.3 Å². The molecule has 0 fully saturated rings. The Morgan fingerprint density at radius 3 is 2.33 bits per heavy atom. The second-order valence-electron chi connectivity index (χ2n) is 5.73. The Balaban J connectivity index is 1.64. The number of nitrogens with zero attached hydrogens (tertiary/aromatic N) is 1. The lowest BCUT2D eigenvalue weighted by Crippen LogP contribution is -2.13. The zero-order valence-electron chi connectivity index (χ0n) is 14.8. The highest BCUT2D eigenvalue weighted by molar-refractivity contribution is 7.99. The molecule has 0 saturated carbocycles. The smallest absolute Gasteiger partial charge is 0.255 e. The molecule has 5 nitrogen and oxygen atoms in total. The van der Waals surface area contributed by atoms with Gasteiger partial charge in [0, 0.05) is 34.5 Å². The number of rotatable bonds is 6. The summed E-state index contributed by atoms with van der Waals surface area (Å²) in [6.45, 7) is 1.79. The molecule has 0 unspecified atom stereocenters. The van der Waals surface area contributed by atoms with E-state index < -0.39 is 0 Å². The summed E-state index contributed by atoms with van der Waals surface area (Å²) in [5.74, 6) is -0.275. The number of anilines is 2. The summed E-state index contributed by atoms with van der Waals surface area (Å²) in [6, 6.07) is 20.2. The molecule has 0 aliphatic heterocycles. The van der Waals surface area contributed by atoms with Crippen molar-refractivity contribution in [1.29, 1.82) is 0 Å². The maximum Gasteiger partial charge on any atom is 0.255 e. The lowest BCUT2D eigenvalue weighted by atomic mass is 10.2. The van der Waals surface area contributed by atoms with Crippen LogP contribution in [-0.2, 0) is 4.79 Å². The monoisotopic (exact) mass is 377 g/mol. The van der Waals surface area contributed by atoms with E-state index in [0.717, 1.165) is 9.92 Å². The topological polar surface area (TPSA) is 71.1 Å². The molecule has 27 heavy (non-hydrogen) atoms. The van der Waals surface area contributed by atoms with Crippen LogP contribution in [0.1, 0.15) is 23.7 Å². The minimum atomic E-state index is -0.205. The van der Waals surface area contributed by atoms with E-state index in [9.17, 15) is 9.59 Å². The summed E-state index contributed by atoms with van der Waals surface area (Å²) in [7, 11) is 0. The molecular weight excluding hydrogens is 358 g/mol. The maximum absolute atomic E-state index is 12.5. The molecule has 0 atom stereocenters. The molecule has 2 N–H and O–H groups in total. The van der Waals surface area contributed by atoms with Gasteiger partial charge in [-0.05, 0) is 54.6 Å². The first-order valence-electron chi connectivity index (χ1n) is 8.54. The molecular formula is C21H19N3O2S. The molecule has 0 saturated heterocycles. The van der Waals surface area contributed by atoms with Gasteiger partial charge in [-0.2, -0.15) is 0 Å². The molecule has 0 bridgehead atoms. The Morgan fingerprint density at radius 2 is 1.67 bits per heavy atom. The average molecular weight is 377 g/mol. The SMILES string of the molecule is CCC(=O)Nc1cccc(NC(=O)c2ccc(Sc3ccccn3)cc2)c1. The van der Waals surface area contributed by atoms with E-state index in [1.165, 1.54) is 11.8 Å². The van der Waals surface area contributed by atoms with Crippen molar-refractivity contribution in [3.05, 3.63) is 78.5 Å². The third-order valence-electron chi connectivity index (χ3n) is 3.70. The standard InChI is InChI=1S/C21H19N3O2S/c1-2-19(25)23-16-6-5-7-17(14-16)24-21(26)15-9-11-18(12-10-15)27-20-8-3-4-13-22-20/h3-14H,2H2,1H3,(H,23,25)(H,24,26). The van der Waals surface area contributed by atoms with Gasteiger partial charge in [-0.25, -0.2) is 4.98 Å². The quantitative estimate of drug-likeness (QED) is 0.645. The fourth-order valence-electron chi connectivity index (χ4n) is 2.33. The van der Waals surface area contributed by atoms with Gasteiger partial charge < -0.3 is 10.6 Å². The first-order chi connectivity index (χ1) is 13.1. The molecule has 2 aromatic carbocycles. The van der Waals surface area contributed by atoms with Gasteiger partial charge in [-0.1, -0.05) is 30.8 Å². The van der Waals surface area contributed by atoms with Gasteiger partial charge in [0.2, 0.25) is 5.91 Å². The molecule has 2 amide bonds. The Hall–Kier alpha value is -3.12. The number of carbonyl (C=O) groups is 2. The minimum absolute atomic E-state index is 0.0699. The summed E-state index contributed by atoms with van der Waals surface area (Å²) in [5, 5.41) is 6.53. The Kier molecular flexibility index (Phi) is 6.22. The molecule has 6 heteroatoms. The number of carbonyl (C=O) groups excluding carboxylic acids is 2. The number of aromatic nitrogens is 1. The second-order valence-corrected chi connectivity index (χ2v) is 6.82. The molecule has 3 aromatic rings. The zero-order valence-corrected chi connectivity index (χ0v) is 15.6. The molecule has 0 aliphatic carbocycles. The van der Waals surface area contributed by atoms with Crippen LogP contribution in [-0.4, -0.2) is 16.8 Å². The van der Waals surface area contributed by atoms with Crippen molar-refractivity contribution in [3.8, 4) is 0 Å². The van der Waals surface area contributed by atoms with Crippen LogP contribution in [0.3, 0.4) is 0 Å². The van der Waals surface area contributed by atoms with Crippen LogP contribution in [0.5, 0.6) is 0 Å². The van der Waals surface area contributed by atoms with Gasteiger partial charge in [0.15, 0.2) is 0 Å². The predicted molar refractivity (Wildman–Crippen MR) is 108 cm³/mol. The van der Waals surface area contributed by atoms with Gasteiger partial charge in [-0.15, -0.1) is 0 Å². The van der Waals surface area contributed by atoms with Gasteiger partial charge in [0.25, 0.3) is 5.91 Å². The van der Waals surface area contributed by atoms with Crippen molar-refractivity contribution in [2.24, 2.45) is 0 Å². The zero-order chi connectivity index (χ0) is 19.1. The largest absolute Gasteiger partial charge is 0.326 e. The van der Waals surface area contributed by atoms with Crippen LogP contribution < -0.4 is 10.6 Å². The van der Waals surface area contributed by atoms with Crippen LogP contribution >= 0.6 is 11.8 Å². The predicted octanol–water partition coefficient (Wildman–Crippen LogP) is 4.83. The molecule has 1 aromatic heterocycles. The lowest BCUT2D eigenvalue weighted by molar-refractivity contribution is -0.115. The Morgan fingerprint density at radius 1 is 0.926 bits per heavy atom. The molecule has 0 spiro atoms. The summed E-state index contributed by atoms with van der Waals surface area (Å²) in [6.07, 6.45) is 2.15. The number of pyridine rings is 1. The number of hydrogen-bond acceptors (Lipinski definition) is 4. The molecule has 1 heterocycles. The maximum atomic E-state index is 12.5. The summed E-state index contributed by atoms with van der Waals surface area (Å²) in [4.78, 5) is 29.2. The molecule has 0 radical (unpaired) electrons. The van der Waals surface area contributed by atoms with Crippen LogP contribution in [0.15, 0.2) is 82.8 Å². The van der Waals surface area contributed by atoms with Crippen LogP contribution in [0.2, 0.25) is 0 Å². The summed E-state index contributed by atoms with van der Waals surface area (Å²) < 4.78 is 0. The lowest BCUT2D eigenvalue weighted by Gasteiger charge is -2.09. The van der Waals surface area contributed by atoms with E-state index in [4.69, 9.17) is 0 Å². The molecule has 3 rings (SSSR count). The van der Waals surface area contributed by atoms with E-state index >= 15 is 0 Å². The van der Waals surface area contributed by atoms with E-state index in [0.29, 0.717) is 23.4 Å². The second kappa shape index (κ2) is 9.00. The average Bonchev–Trinajstić information content (AvgIpc) is 2.69. The first-order valence-corrected chi connectivity index (χ1v) is 9.36. The highest BCUT2D eigenvalue weighted by Crippen LogP contribution is 2.26. The van der Waals surface area contributed by atoms with Crippen molar-refractivity contribution in [2.75, 3.05) is 10.6 Å². The third kappa shape index (κ3) is 5.43. The van der Waals surface area contributed by atoms with Gasteiger partial charge in [-0.3, -0.25) is 9.59 Å². The third-order valence-corrected chi connectivity index (χ3v) is 4.66. The van der Waals surface area contributed by atoms with Gasteiger partial charge in [0.05, 0.1) is 0 Å². The highest BCUT2D eigenvalue weighted by Gasteiger charge is 2.08. The normalized spacial score (nSPS) is 10.3. The van der Waals surface area contributed by atoms with Gasteiger partial charge in [0.1, 0.15) is 5.03 Å². The summed E-state index contributed by atoms with van der Waals surface area (Å²) in [5.41, 5.74) is 1.84. The van der Waals surface area contributed by atoms with Crippen LogP contribution in [0.25, 0.3) is 0 Å². The molecule has 0 aliphatic rings. The van der Waals surface area contributed by atoms with E-state index in [-0.39, 0.29) is 11.8 Å². The van der Waals surface area contributed by atoms with Crippen LogP contribution in [0, 0.1) is 0 Å². The minimum Gasteiger partial charge on any atom is -0.326 e. The highest BCUT2D eigenvalue weighted by atomic mass is 32.2. The number of benzene rings is 2. The van der Waals surface area contributed by atoms with Crippen molar-refractivity contribution in [1.82, 2.24) is 4.98 Å². The van der Waals surface area contributed by atoms with Crippen molar-refractivity contribution < 1.29 is 9.59 Å². The number of hydrogen-bond donors (Lipinski definition) is 2. The van der Waals surface area contributed by atoms with Gasteiger partial charge >= 0.3 is 0 Å². The Labute approximate surface area is 162 Å². The summed E-state index contributed by atoms with van der Waals surface area (Å²) >= 11 is 1.54. The molecule has 136 valence electrons. The van der Waals surface area contributed by atoms with E-state index in [2.05, 4.69) is 15.6 Å². The van der Waals surface area contributed by atoms with Crippen molar-refractivity contribution >= 4 is 35.0 Å². The fraction of sp³-hybridized carbons (Fsp3) is 0.0952. The van der Waals surface area contributed by atoms with E-state index in [1.54, 1.807) is 49.5 Å².